The highest BCUT2D eigenvalue weighted by molar-refractivity contribution is 6.30. The molecule has 2 heterocycles. The van der Waals surface area contributed by atoms with Crippen molar-refractivity contribution in [3.05, 3.63) is 29.3 Å². The minimum atomic E-state index is 0.307. The van der Waals surface area contributed by atoms with Crippen LogP contribution in [0.5, 0.6) is 0 Å². The third kappa shape index (κ3) is 4.77. The summed E-state index contributed by atoms with van der Waals surface area (Å²) >= 11 is 6.13. The van der Waals surface area contributed by atoms with E-state index in [9.17, 15) is 5.11 Å². The van der Waals surface area contributed by atoms with Gasteiger partial charge in [0, 0.05) is 56.1 Å². The van der Waals surface area contributed by atoms with Crippen LogP contribution in [-0.2, 0) is 4.74 Å². The van der Waals surface area contributed by atoms with Crippen LogP contribution in [0, 0.1) is 5.92 Å². The first-order chi connectivity index (χ1) is 13.2. The van der Waals surface area contributed by atoms with Crippen LogP contribution in [0.3, 0.4) is 0 Å². The van der Waals surface area contributed by atoms with Crippen molar-refractivity contribution in [1.29, 1.82) is 0 Å². The standard InChI is InChI=1S/C21H32ClN3O2/c22-18-3-1-4-19(15-18)24-9-7-23(8-10-24)5-2-6-25-11-12-27-21-14-17(16-26)13-20(21)25/h1,3-4,15,17,20-21,26H,2,5-14,16H2/t17-,20+,21+/m1/s1. The Morgan fingerprint density at radius 2 is 1.93 bits per heavy atom. The van der Waals surface area contributed by atoms with E-state index in [1.807, 2.05) is 12.1 Å². The molecule has 6 heteroatoms. The van der Waals surface area contributed by atoms with Gasteiger partial charge in [0.15, 0.2) is 0 Å². The maximum absolute atomic E-state index is 9.47. The van der Waals surface area contributed by atoms with Crippen molar-refractivity contribution in [2.45, 2.75) is 31.4 Å². The van der Waals surface area contributed by atoms with Gasteiger partial charge in [-0.25, -0.2) is 0 Å². The topological polar surface area (TPSA) is 39.2 Å². The predicted octanol–water partition coefficient (Wildman–Crippen LogP) is 2.32. The van der Waals surface area contributed by atoms with E-state index >= 15 is 0 Å². The minimum Gasteiger partial charge on any atom is -0.396 e. The van der Waals surface area contributed by atoms with Crippen LogP contribution in [0.25, 0.3) is 0 Å². The molecule has 0 spiro atoms. The minimum absolute atomic E-state index is 0.307. The molecule has 2 saturated heterocycles. The number of benzene rings is 1. The number of piperazine rings is 1. The first-order valence-corrected chi connectivity index (χ1v) is 10.8. The van der Waals surface area contributed by atoms with Crippen molar-refractivity contribution >= 4 is 17.3 Å². The maximum atomic E-state index is 9.47. The van der Waals surface area contributed by atoms with Gasteiger partial charge in [0.05, 0.1) is 12.7 Å². The summed E-state index contributed by atoms with van der Waals surface area (Å²) in [4.78, 5) is 7.64. The average Bonchev–Trinajstić information content (AvgIpc) is 3.13. The van der Waals surface area contributed by atoms with Crippen LogP contribution in [0.2, 0.25) is 5.02 Å². The highest BCUT2D eigenvalue weighted by Gasteiger charge is 2.40. The number of anilines is 1. The monoisotopic (exact) mass is 393 g/mol. The van der Waals surface area contributed by atoms with Crippen LogP contribution in [0.15, 0.2) is 24.3 Å². The fraction of sp³-hybridized carbons (Fsp3) is 0.714. The summed E-state index contributed by atoms with van der Waals surface area (Å²) in [5.74, 6) is 0.431. The van der Waals surface area contributed by atoms with Gasteiger partial charge in [-0.1, -0.05) is 17.7 Å². The zero-order valence-electron chi connectivity index (χ0n) is 16.1. The molecule has 1 aromatic carbocycles. The lowest BCUT2D eigenvalue weighted by atomic mass is 10.1. The van der Waals surface area contributed by atoms with E-state index in [-0.39, 0.29) is 0 Å². The fourth-order valence-electron chi connectivity index (χ4n) is 4.95. The molecule has 2 aliphatic heterocycles. The number of morpholine rings is 1. The summed E-state index contributed by atoms with van der Waals surface area (Å²) in [5, 5.41) is 10.3. The van der Waals surface area contributed by atoms with E-state index in [4.69, 9.17) is 16.3 Å². The first kappa shape index (κ1) is 19.5. The second-order valence-electron chi connectivity index (χ2n) is 8.19. The van der Waals surface area contributed by atoms with Crippen molar-refractivity contribution in [3.63, 3.8) is 0 Å². The van der Waals surface area contributed by atoms with Gasteiger partial charge in [0.2, 0.25) is 0 Å². The van der Waals surface area contributed by atoms with Gasteiger partial charge in [0.25, 0.3) is 0 Å². The summed E-state index contributed by atoms with van der Waals surface area (Å²) in [6.45, 7) is 8.89. The number of hydrogen-bond donors (Lipinski definition) is 1. The molecule has 0 amide bonds. The number of aliphatic hydroxyl groups is 1. The zero-order chi connectivity index (χ0) is 18.6. The lowest BCUT2D eigenvalue weighted by Gasteiger charge is -2.39. The quantitative estimate of drug-likeness (QED) is 0.803. The fourth-order valence-corrected chi connectivity index (χ4v) is 5.14. The van der Waals surface area contributed by atoms with Crippen molar-refractivity contribution in [3.8, 4) is 0 Å². The summed E-state index contributed by atoms with van der Waals surface area (Å²) < 4.78 is 5.94. The van der Waals surface area contributed by atoms with Crippen molar-refractivity contribution in [2.75, 3.05) is 63.9 Å². The molecule has 4 rings (SSSR count). The molecule has 150 valence electrons. The Balaban J connectivity index is 1.19. The Morgan fingerprint density at radius 3 is 2.70 bits per heavy atom. The molecule has 0 radical (unpaired) electrons. The van der Waals surface area contributed by atoms with Gasteiger partial charge < -0.3 is 14.7 Å². The van der Waals surface area contributed by atoms with E-state index in [0.717, 1.165) is 63.7 Å². The summed E-state index contributed by atoms with van der Waals surface area (Å²) in [6, 6.07) is 8.70. The largest absolute Gasteiger partial charge is 0.396 e. The third-order valence-electron chi connectivity index (χ3n) is 6.47. The van der Waals surface area contributed by atoms with Crippen LogP contribution in [0.1, 0.15) is 19.3 Å². The molecular formula is C21H32ClN3O2. The number of nitrogens with zero attached hydrogens (tertiary/aromatic N) is 3. The molecular weight excluding hydrogens is 362 g/mol. The van der Waals surface area contributed by atoms with Crippen molar-refractivity contribution < 1.29 is 9.84 Å². The number of fused-ring (bicyclic) bond motifs is 1. The Labute approximate surface area is 167 Å². The zero-order valence-corrected chi connectivity index (χ0v) is 16.9. The van der Waals surface area contributed by atoms with Gasteiger partial charge in [0.1, 0.15) is 0 Å². The van der Waals surface area contributed by atoms with Gasteiger partial charge in [-0.15, -0.1) is 0 Å². The smallest absolute Gasteiger partial charge is 0.0734 e. The summed E-state index contributed by atoms with van der Waals surface area (Å²) in [6.07, 6.45) is 3.68. The Morgan fingerprint density at radius 1 is 1.07 bits per heavy atom. The van der Waals surface area contributed by atoms with E-state index in [1.54, 1.807) is 0 Å². The van der Waals surface area contributed by atoms with Crippen molar-refractivity contribution in [2.24, 2.45) is 5.92 Å². The predicted molar refractivity (Wildman–Crippen MR) is 110 cm³/mol. The molecule has 0 bridgehead atoms. The molecule has 3 aliphatic rings. The van der Waals surface area contributed by atoms with E-state index < -0.39 is 0 Å². The molecule has 0 aromatic heterocycles. The molecule has 1 saturated carbocycles. The molecule has 27 heavy (non-hydrogen) atoms. The van der Waals surface area contributed by atoms with E-state index in [0.29, 0.717) is 24.7 Å². The van der Waals surface area contributed by atoms with E-state index in [2.05, 4.69) is 26.8 Å². The average molecular weight is 394 g/mol. The second kappa shape index (κ2) is 9.10. The molecule has 1 N–H and O–H groups in total. The molecule has 3 atom stereocenters. The summed E-state index contributed by atoms with van der Waals surface area (Å²) in [5.41, 5.74) is 1.24. The molecule has 5 nitrogen and oxygen atoms in total. The number of hydrogen-bond acceptors (Lipinski definition) is 5. The molecule has 1 aliphatic carbocycles. The van der Waals surface area contributed by atoms with E-state index in [1.165, 1.54) is 18.7 Å². The maximum Gasteiger partial charge on any atom is 0.0734 e. The van der Waals surface area contributed by atoms with Crippen molar-refractivity contribution in [1.82, 2.24) is 9.80 Å². The SMILES string of the molecule is OC[C@H]1C[C@@H]2OCCN(CCCN3CCN(c4cccc(Cl)c4)CC3)[C@H]2C1. The molecule has 3 fully saturated rings. The molecule has 1 aromatic rings. The van der Waals surface area contributed by atoms with Gasteiger partial charge in [-0.3, -0.25) is 9.80 Å². The Kier molecular flexibility index (Phi) is 6.56. The normalized spacial score (nSPS) is 29.9. The summed E-state index contributed by atoms with van der Waals surface area (Å²) in [7, 11) is 0. The highest BCUT2D eigenvalue weighted by Crippen LogP contribution is 2.34. The van der Waals surface area contributed by atoms with Gasteiger partial charge in [-0.2, -0.15) is 0 Å². The van der Waals surface area contributed by atoms with Crippen LogP contribution < -0.4 is 4.90 Å². The Bertz CT molecular complexity index is 609. The van der Waals surface area contributed by atoms with Crippen LogP contribution in [-0.4, -0.2) is 86.1 Å². The third-order valence-corrected chi connectivity index (χ3v) is 6.71. The lowest BCUT2D eigenvalue weighted by molar-refractivity contribution is -0.0565. The number of ether oxygens (including phenoxy) is 1. The number of aliphatic hydroxyl groups excluding tert-OH is 1. The van der Waals surface area contributed by atoms with Crippen LogP contribution >= 0.6 is 11.6 Å². The number of halogens is 1. The highest BCUT2D eigenvalue weighted by atomic mass is 35.5. The lowest BCUT2D eigenvalue weighted by Crippen LogP contribution is -2.50. The molecule has 0 unspecified atom stereocenters. The Hall–Kier alpha value is -0.850. The number of rotatable bonds is 6. The van der Waals surface area contributed by atoms with Gasteiger partial charge >= 0.3 is 0 Å². The first-order valence-electron chi connectivity index (χ1n) is 10.4. The second-order valence-corrected chi connectivity index (χ2v) is 8.63. The van der Waals surface area contributed by atoms with Crippen LogP contribution in [0.4, 0.5) is 5.69 Å². The van der Waals surface area contributed by atoms with Gasteiger partial charge in [-0.05, 0) is 56.5 Å².